The van der Waals surface area contributed by atoms with E-state index >= 15 is 0 Å². The van der Waals surface area contributed by atoms with Crippen molar-refractivity contribution in [2.45, 2.75) is 47.0 Å². The Balaban J connectivity index is 1.45. The van der Waals surface area contributed by atoms with Crippen molar-refractivity contribution >= 4 is 22.6 Å². The second kappa shape index (κ2) is 8.61. The normalized spacial score (nSPS) is 14.5. The molecule has 3 aromatic rings. The smallest absolute Gasteiger partial charge is 0.227 e. The quantitative estimate of drug-likeness (QED) is 0.643. The number of piperazine rings is 1. The summed E-state index contributed by atoms with van der Waals surface area (Å²) in [5.74, 6) is 2.31. The maximum Gasteiger partial charge on any atom is 0.227 e. The number of amides is 1. The van der Waals surface area contributed by atoms with Gasteiger partial charge in [0, 0.05) is 54.9 Å². The summed E-state index contributed by atoms with van der Waals surface area (Å²) in [6.07, 6.45) is 0.402. The summed E-state index contributed by atoms with van der Waals surface area (Å²) in [5.41, 5.74) is 5.14. The highest BCUT2D eigenvalue weighted by atomic mass is 16.2. The lowest BCUT2D eigenvalue weighted by Gasteiger charge is -2.36. The van der Waals surface area contributed by atoms with Gasteiger partial charge < -0.3 is 9.80 Å². The summed E-state index contributed by atoms with van der Waals surface area (Å²) < 4.78 is 0. The maximum absolute atomic E-state index is 13.1. The van der Waals surface area contributed by atoms with Crippen LogP contribution >= 0.6 is 0 Å². The summed E-state index contributed by atoms with van der Waals surface area (Å²) >= 11 is 0. The number of hydrogen-bond acceptors (Lipinski definition) is 5. The molecule has 0 bridgehead atoms. The van der Waals surface area contributed by atoms with Crippen LogP contribution in [0, 0.1) is 20.8 Å². The second-order valence-electron chi connectivity index (χ2n) is 8.74. The first-order chi connectivity index (χ1) is 14.8. The number of hydrogen-bond donors (Lipinski definition) is 0. The number of rotatable bonds is 4. The van der Waals surface area contributed by atoms with Gasteiger partial charge in [0.15, 0.2) is 0 Å². The third-order valence-electron chi connectivity index (χ3n) is 6.14. The number of nitrogens with zero attached hydrogens (tertiary/aromatic N) is 5. The van der Waals surface area contributed by atoms with Crippen LogP contribution in [0.4, 0.5) is 5.82 Å². The molecule has 2 aromatic heterocycles. The Morgan fingerprint density at radius 3 is 2.42 bits per heavy atom. The first-order valence-corrected chi connectivity index (χ1v) is 11.1. The van der Waals surface area contributed by atoms with Crippen LogP contribution in [0.3, 0.4) is 0 Å². The number of anilines is 1. The van der Waals surface area contributed by atoms with E-state index in [1.54, 1.807) is 0 Å². The molecule has 162 valence electrons. The Morgan fingerprint density at radius 1 is 1.00 bits per heavy atom. The minimum Gasteiger partial charge on any atom is -0.353 e. The van der Waals surface area contributed by atoms with Crippen molar-refractivity contribution < 1.29 is 4.79 Å². The van der Waals surface area contributed by atoms with E-state index in [2.05, 4.69) is 36.7 Å². The van der Waals surface area contributed by atoms with Gasteiger partial charge in [-0.05, 0) is 38.0 Å². The van der Waals surface area contributed by atoms with Crippen LogP contribution in [0.2, 0.25) is 0 Å². The molecule has 31 heavy (non-hydrogen) atoms. The van der Waals surface area contributed by atoms with Gasteiger partial charge >= 0.3 is 0 Å². The van der Waals surface area contributed by atoms with Gasteiger partial charge in [-0.15, -0.1) is 0 Å². The standard InChI is InChI=1S/C25H31N5O/c1-16(2)25-26-17(3)14-23(28-25)29-10-12-30(13-11-29)24(31)15-21-18(4)20-8-6-7-9-22(20)27-19(21)5/h6-9,14,16H,10-13,15H2,1-5H3. The highest BCUT2D eigenvalue weighted by Crippen LogP contribution is 2.24. The first-order valence-electron chi connectivity index (χ1n) is 11.1. The van der Waals surface area contributed by atoms with Gasteiger partial charge in [0.2, 0.25) is 5.91 Å². The minimum absolute atomic E-state index is 0.171. The number of aryl methyl sites for hydroxylation is 3. The highest BCUT2D eigenvalue weighted by molar-refractivity contribution is 5.86. The third kappa shape index (κ3) is 4.38. The largest absolute Gasteiger partial charge is 0.353 e. The molecular weight excluding hydrogens is 386 g/mol. The fourth-order valence-corrected chi connectivity index (χ4v) is 4.27. The molecule has 1 saturated heterocycles. The van der Waals surface area contributed by atoms with Crippen LogP contribution in [-0.4, -0.2) is 51.9 Å². The van der Waals surface area contributed by atoms with Crippen molar-refractivity contribution in [1.82, 2.24) is 19.9 Å². The predicted octanol–water partition coefficient (Wildman–Crippen LogP) is 3.96. The van der Waals surface area contributed by atoms with Crippen LogP contribution in [0.15, 0.2) is 30.3 Å². The number of aromatic nitrogens is 3. The van der Waals surface area contributed by atoms with Crippen LogP contribution in [0.5, 0.6) is 0 Å². The van der Waals surface area contributed by atoms with Gasteiger partial charge in [0.05, 0.1) is 11.9 Å². The number of benzene rings is 1. The second-order valence-corrected chi connectivity index (χ2v) is 8.74. The van der Waals surface area contributed by atoms with Crippen LogP contribution in [0.25, 0.3) is 10.9 Å². The summed E-state index contributed by atoms with van der Waals surface area (Å²) in [5, 5.41) is 1.13. The zero-order valence-corrected chi connectivity index (χ0v) is 19.1. The van der Waals surface area contributed by atoms with Gasteiger partial charge in [-0.3, -0.25) is 9.78 Å². The van der Waals surface area contributed by atoms with E-state index in [0.29, 0.717) is 25.4 Å². The Kier molecular flexibility index (Phi) is 5.90. The molecule has 1 aliphatic heterocycles. The number of carbonyl (C=O) groups is 1. The molecule has 0 unspecified atom stereocenters. The molecule has 1 amide bonds. The van der Waals surface area contributed by atoms with Crippen molar-refractivity contribution in [2.24, 2.45) is 0 Å². The lowest BCUT2D eigenvalue weighted by Crippen LogP contribution is -2.49. The monoisotopic (exact) mass is 417 g/mol. The topological polar surface area (TPSA) is 62.2 Å². The molecule has 6 nitrogen and oxygen atoms in total. The Bertz CT molecular complexity index is 1120. The zero-order chi connectivity index (χ0) is 22.1. The molecule has 3 heterocycles. The lowest BCUT2D eigenvalue weighted by atomic mass is 9.99. The summed E-state index contributed by atoms with van der Waals surface area (Å²) in [6, 6.07) is 10.2. The summed E-state index contributed by atoms with van der Waals surface area (Å²) in [6.45, 7) is 13.3. The van der Waals surface area contributed by atoms with Crippen LogP contribution in [-0.2, 0) is 11.2 Å². The van der Waals surface area contributed by atoms with Crippen molar-refractivity contribution in [3.8, 4) is 0 Å². The van der Waals surface area contributed by atoms with E-state index in [1.807, 2.05) is 43.0 Å². The SMILES string of the molecule is Cc1cc(N2CCN(C(=O)Cc3c(C)nc4ccccc4c3C)CC2)nc(C(C)C)n1. The average molecular weight is 418 g/mol. The van der Waals surface area contributed by atoms with E-state index in [-0.39, 0.29) is 5.91 Å². The van der Waals surface area contributed by atoms with E-state index in [1.165, 1.54) is 0 Å². The van der Waals surface area contributed by atoms with Crippen molar-refractivity contribution in [3.05, 3.63) is 58.7 Å². The number of fused-ring (bicyclic) bond motifs is 1. The number of carbonyl (C=O) groups excluding carboxylic acids is 1. The first kappa shape index (κ1) is 21.2. The molecule has 0 aliphatic carbocycles. The van der Waals surface area contributed by atoms with Gasteiger partial charge in [0.25, 0.3) is 0 Å². The maximum atomic E-state index is 13.1. The molecule has 1 fully saturated rings. The fraction of sp³-hybridized carbons (Fsp3) is 0.440. The van der Waals surface area contributed by atoms with E-state index in [4.69, 9.17) is 9.97 Å². The van der Waals surface area contributed by atoms with E-state index in [9.17, 15) is 4.79 Å². The number of para-hydroxylation sites is 1. The van der Waals surface area contributed by atoms with E-state index < -0.39 is 0 Å². The molecule has 1 aliphatic rings. The van der Waals surface area contributed by atoms with Gasteiger partial charge in [0.1, 0.15) is 11.6 Å². The fourth-order valence-electron chi connectivity index (χ4n) is 4.27. The predicted molar refractivity (Wildman–Crippen MR) is 125 cm³/mol. The Labute approximate surface area is 184 Å². The number of pyridine rings is 1. The molecule has 4 rings (SSSR count). The molecule has 0 spiro atoms. The Morgan fingerprint density at radius 2 is 1.71 bits per heavy atom. The lowest BCUT2D eigenvalue weighted by molar-refractivity contribution is -0.130. The van der Waals surface area contributed by atoms with Gasteiger partial charge in [-0.2, -0.15) is 0 Å². The highest BCUT2D eigenvalue weighted by Gasteiger charge is 2.24. The summed E-state index contributed by atoms with van der Waals surface area (Å²) in [4.78, 5) is 31.4. The molecular formula is C25H31N5O. The van der Waals surface area contributed by atoms with Crippen LogP contribution in [0.1, 0.15) is 48.1 Å². The Hall–Kier alpha value is -3.02. The molecule has 1 aromatic carbocycles. The average Bonchev–Trinajstić information content (AvgIpc) is 2.76. The molecule has 6 heteroatoms. The minimum atomic E-state index is 0.171. The third-order valence-corrected chi connectivity index (χ3v) is 6.14. The van der Waals surface area contributed by atoms with E-state index in [0.717, 1.165) is 58.1 Å². The molecule has 0 N–H and O–H groups in total. The van der Waals surface area contributed by atoms with Crippen molar-refractivity contribution in [3.63, 3.8) is 0 Å². The van der Waals surface area contributed by atoms with Crippen LogP contribution < -0.4 is 4.90 Å². The molecule has 0 saturated carbocycles. The molecule has 0 radical (unpaired) electrons. The zero-order valence-electron chi connectivity index (χ0n) is 19.1. The van der Waals surface area contributed by atoms with Crippen molar-refractivity contribution in [2.75, 3.05) is 31.1 Å². The van der Waals surface area contributed by atoms with Gasteiger partial charge in [-0.1, -0.05) is 32.0 Å². The van der Waals surface area contributed by atoms with Gasteiger partial charge in [-0.25, -0.2) is 9.97 Å². The summed E-state index contributed by atoms with van der Waals surface area (Å²) in [7, 11) is 0. The molecule has 0 atom stereocenters. The van der Waals surface area contributed by atoms with Crippen molar-refractivity contribution in [1.29, 1.82) is 0 Å².